The summed E-state index contributed by atoms with van der Waals surface area (Å²) in [6, 6.07) is 0. The van der Waals surface area contributed by atoms with Crippen LogP contribution < -0.4 is 0 Å². The third kappa shape index (κ3) is 3.10. The van der Waals surface area contributed by atoms with Crippen LogP contribution in [0.3, 0.4) is 0 Å². The van der Waals surface area contributed by atoms with Crippen molar-refractivity contribution in [2.24, 2.45) is 5.92 Å². The molecule has 1 aliphatic heterocycles. The van der Waals surface area contributed by atoms with E-state index < -0.39 is 0 Å². The average molecular weight is 250 g/mol. The number of rotatable bonds is 4. The fourth-order valence-electron chi connectivity index (χ4n) is 2.45. The van der Waals surface area contributed by atoms with Crippen LogP contribution in [0.5, 0.6) is 0 Å². The Kier molecular flexibility index (Phi) is 4.01. The van der Waals surface area contributed by atoms with E-state index >= 15 is 0 Å². The van der Waals surface area contributed by atoms with E-state index in [2.05, 4.69) is 9.55 Å². The van der Waals surface area contributed by atoms with Crippen molar-refractivity contribution in [2.45, 2.75) is 19.4 Å². The number of likely N-dealkylation sites (N-methyl/N-ethyl adjacent to an activating group) is 2. The zero-order chi connectivity index (χ0) is 13.1. The minimum atomic E-state index is 0.189. The lowest BCUT2D eigenvalue weighted by atomic mass is 9.97. The zero-order valence-electron chi connectivity index (χ0n) is 11.5. The number of aromatic nitrogens is 2. The highest BCUT2D eigenvalue weighted by molar-refractivity contribution is 5.77. The predicted octanol–water partition coefficient (Wildman–Crippen LogP) is 0.466. The lowest BCUT2D eigenvalue weighted by Gasteiger charge is -2.28. The Morgan fingerprint density at radius 2 is 2.28 bits per heavy atom. The van der Waals surface area contributed by atoms with Crippen LogP contribution >= 0.6 is 0 Å². The first-order valence-electron chi connectivity index (χ1n) is 6.45. The molecule has 2 heterocycles. The minimum Gasteiger partial charge on any atom is -0.344 e. The van der Waals surface area contributed by atoms with Crippen molar-refractivity contribution in [3.8, 4) is 0 Å². The van der Waals surface area contributed by atoms with Gasteiger partial charge in [-0.15, -0.1) is 0 Å². The van der Waals surface area contributed by atoms with Gasteiger partial charge >= 0.3 is 0 Å². The number of nitrogens with zero attached hydrogens (tertiary/aromatic N) is 4. The molecular formula is C13H22N4O. The van der Waals surface area contributed by atoms with Crippen LogP contribution in [0, 0.1) is 5.92 Å². The van der Waals surface area contributed by atoms with E-state index in [1.807, 2.05) is 43.3 Å². The van der Waals surface area contributed by atoms with Crippen molar-refractivity contribution in [1.82, 2.24) is 19.4 Å². The lowest BCUT2D eigenvalue weighted by Crippen LogP contribution is -2.39. The maximum Gasteiger partial charge on any atom is 0.236 e. The summed E-state index contributed by atoms with van der Waals surface area (Å²) in [4.78, 5) is 20.0. The minimum absolute atomic E-state index is 0.189. The molecule has 1 unspecified atom stereocenters. The summed E-state index contributed by atoms with van der Waals surface area (Å²) in [5.74, 6) is 1.88. The Bertz CT molecular complexity index is 413. The van der Waals surface area contributed by atoms with Crippen LogP contribution in [0.4, 0.5) is 0 Å². The van der Waals surface area contributed by atoms with Gasteiger partial charge in [0.05, 0.1) is 6.54 Å². The quantitative estimate of drug-likeness (QED) is 0.780. The fraction of sp³-hybridized carbons (Fsp3) is 0.692. The molecule has 0 aromatic carbocycles. The Labute approximate surface area is 108 Å². The second kappa shape index (κ2) is 5.52. The molecule has 5 nitrogen and oxygen atoms in total. The van der Waals surface area contributed by atoms with Gasteiger partial charge < -0.3 is 14.4 Å². The average Bonchev–Trinajstić information content (AvgIpc) is 2.75. The molecule has 0 fully saturated rings. The molecule has 0 radical (unpaired) electrons. The SMILES string of the molecule is CN(C)CC(=O)N(C)CC1CCn2ccnc2C1. The maximum atomic E-state index is 11.9. The zero-order valence-corrected chi connectivity index (χ0v) is 11.5. The molecule has 0 spiro atoms. The number of amides is 1. The number of imidazole rings is 1. The number of carbonyl (C=O) groups excluding carboxylic acids is 1. The summed E-state index contributed by atoms with van der Waals surface area (Å²) in [7, 11) is 5.74. The van der Waals surface area contributed by atoms with E-state index in [0.717, 1.165) is 31.8 Å². The van der Waals surface area contributed by atoms with Crippen molar-refractivity contribution in [3.63, 3.8) is 0 Å². The number of hydrogen-bond acceptors (Lipinski definition) is 3. The van der Waals surface area contributed by atoms with E-state index in [1.54, 1.807) is 0 Å². The van der Waals surface area contributed by atoms with Crippen LogP contribution in [0.2, 0.25) is 0 Å². The fourth-order valence-corrected chi connectivity index (χ4v) is 2.45. The van der Waals surface area contributed by atoms with Crippen LogP contribution in [-0.2, 0) is 17.8 Å². The van der Waals surface area contributed by atoms with Gasteiger partial charge in [-0.05, 0) is 26.4 Å². The number of carbonyl (C=O) groups is 1. The number of fused-ring (bicyclic) bond motifs is 1. The molecule has 18 heavy (non-hydrogen) atoms. The number of hydrogen-bond donors (Lipinski definition) is 0. The van der Waals surface area contributed by atoms with Crippen LogP contribution in [0.1, 0.15) is 12.2 Å². The van der Waals surface area contributed by atoms with Gasteiger partial charge in [0.25, 0.3) is 0 Å². The van der Waals surface area contributed by atoms with E-state index in [1.165, 1.54) is 0 Å². The summed E-state index contributed by atoms with van der Waals surface area (Å²) in [5.41, 5.74) is 0. The first-order chi connectivity index (χ1) is 8.56. The van der Waals surface area contributed by atoms with Gasteiger partial charge in [-0.2, -0.15) is 0 Å². The molecule has 2 rings (SSSR count). The van der Waals surface area contributed by atoms with Crippen molar-refractivity contribution in [3.05, 3.63) is 18.2 Å². The van der Waals surface area contributed by atoms with E-state index in [4.69, 9.17) is 0 Å². The van der Waals surface area contributed by atoms with Crippen LogP contribution in [-0.4, -0.2) is 59.5 Å². The molecule has 1 aliphatic rings. The van der Waals surface area contributed by atoms with Gasteiger partial charge in [0.15, 0.2) is 0 Å². The second-order valence-corrected chi connectivity index (χ2v) is 5.41. The Morgan fingerprint density at radius 1 is 1.50 bits per heavy atom. The predicted molar refractivity (Wildman–Crippen MR) is 70.2 cm³/mol. The molecular weight excluding hydrogens is 228 g/mol. The summed E-state index contributed by atoms with van der Waals surface area (Å²) >= 11 is 0. The molecule has 0 bridgehead atoms. The highest BCUT2D eigenvalue weighted by atomic mass is 16.2. The first kappa shape index (κ1) is 13.1. The highest BCUT2D eigenvalue weighted by Crippen LogP contribution is 2.19. The van der Waals surface area contributed by atoms with E-state index in [-0.39, 0.29) is 5.91 Å². The van der Waals surface area contributed by atoms with Gasteiger partial charge in [-0.25, -0.2) is 4.98 Å². The third-order valence-corrected chi connectivity index (χ3v) is 3.46. The molecule has 0 saturated heterocycles. The molecule has 1 aromatic heterocycles. The summed E-state index contributed by atoms with van der Waals surface area (Å²) in [6.45, 7) is 2.34. The van der Waals surface area contributed by atoms with Crippen molar-refractivity contribution < 1.29 is 4.79 Å². The molecule has 1 atom stereocenters. The van der Waals surface area contributed by atoms with Crippen molar-refractivity contribution in [2.75, 3.05) is 34.2 Å². The third-order valence-electron chi connectivity index (χ3n) is 3.46. The largest absolute Gasteiger partial charge is 0.344 e. The van der Waals surface area contributed by atoms with Gasteiger partial charge in [0.1, 0.15) is 5.82 Å². The normalized spacial score (nSPS) is 18.8. The van der Waals surface area contributed by atoms with Crippen LogP contribution in [0.25, 0.3) is 0 Å². The Balaban J connectivity index is 1.86. The second-order valence-electron chi connectivity index (χ2n) is 5.41. The van der Waals surface area contributed by atoms with Gasteiger partial charge in [-0.3, -0.25) is 4.79 Å². The molecule has 0 saturated carbocycles. The van der Waals surface area contributed by atoms with E-state index in [0.29, 0.717) is 12.5 Å². The van der Waals surface area contributed by atoms with Gasteiger partial charge in [0, 0.05) is 39.0 Å². The van der Waals surface area contributed by atoms with Crippen LogP contribution in [0.15, 0.2) is 12.4 Å². The van der Waals surface area contributed by atoms with Gasteiger partial charge in [-0.1, -0.05) is 0 Å². The standard InChI is InChI=1S/C13H22N4O/c1-15(2)10-13(18)16(3)9-11-4-6-17-7-5-14-12(17)8-11/h5,7,11H,4,6,8-10H2,1-3H3. The van der Waals surface area contributed by atoms with E-state index in [9.17, 15) is 4.79 Å². The summed E-state index contributed by atoms with van der Waals surface area (Å²) in [6.07, 6.45) is 6.00. The monoisotopic (exact) mass is 250 g/mol. The van der Waals surface area contributed by atoms with Gasteiger partial charge in [0.2, 0.25) is 5.91 Å². The number of aryl methyl sites for hydroxylation is 1. The maximum absolute atomic E-state index is 11.9. The molecule has 1 amide bonds. The highest BCUT2D eigenvalue weighted by Gasteiger charge is 2.22. The molecule has 100 valence electrons. The summed E-state index contributed by atoms with van der Waals surface area (Å²) < 4.78 is 2.21. The molecule has 5 heteroatoms. The smallest absolute Gasteiger partial charge is 0.236 e. The Hall–Kier alpha value is -1.36. The first-order valence-corrected chi connectivity index (χ1v) is 6.45. The lowest BCUT2D eigenvalue weighted by molar-refractivity contribution is -0.131. The van der Waals surface area contributed by atoms with Crippen molar-refractivity contribution in [1.29, 1.82) is 0 Å². The molecule has 1 aromatic rings. The van der Waals surface area contributed by atoms with Crippen molar-refractivity contribution >= 4 is 5.91 Å². The topological polar surface area (TPSA) is 41.4 Å². The summed E-state index contributed by atoms with van der Waals surface area (Å²) in [5, 5.41) is 0. The molecule has 0 N–H and O–H groups in total. The molecule has 0 aliphatic carbocycles. The Morgan fingerprint density at radius 3 is 3.00 bits per heavy atom.